The van der Waals surface area contributed by atoms with Gasteiger partial charge in [-0.05, 0) is 50.7 Å². The number of thioether (sulfide) groups is 1. The van der Waals surface area contributed by atoms with E-state index in [2.05, 4.69) is 25.9 Å². The minimum atomic E-state index is -1.04. The Labute approximate surface area is 196 Å². The highest BCUT2D eigenvalue weighted by Gasteiger charge is 2.38. The summed E-state index contributed by atoms with van der Waals surface area (Å²) in [6.45, 7) is 1.10. The molecule has 2 aliphatic rings. The number of rotatable bonds is 11. The van der Waals surface area contributed by atoms with Crippen LogP contribution in [-0.4, -0.2) is 92.9 Å². The van der Waals surface area contributed by atoms with Crippen molar-refractivity contribution in [1.82, 2.24) is 30.8 Å². The number of carboxylic acids is 1. The molecule has 12 heteroatoms. The molecule has 2 fully saturated rings. The number of carboxylic acid groups (broad SMARTS) is 1. The van der Waals surface area contributed by atoms with E-state index in [1.165, 1.54) is 23.0 Å². The van der Waals surface area contributed by atoms with Crippen LogP contribution in [0, 0.1) is 0 Å². The topological polar surface area (TPSA) is 157 Å². The van der Waals surface area contributed by atoms with Gasteiger partial charge in [0.1, 0.15) is 18.1 Å². The first-order valence-corrected chi connectivity index (χ1v) is 12.6. The summed E-state index contributed by atoms with van der Waals surface area (Å²) >= 11 is 1.53. The van der Waals surface area contributed by atoms with E-state index in [1.54, 1.807) is 6.20 Å². The second-order valence-electron chi connectivity index (χ2n) is 8.36. The molecule has 3 amide bonds. The van der Waals surface area contributed by atoms with Crippen LogP contribution >= 0.6 is 11.8 Å². The number of aromatic amines is 1. The molecular formula is C21H32N6O5S. The number of imidazole rings is 1. The van der Waals surface area contributed by atoms with Gasteiger partial charge in [-0.2, -0.15) is 11.8 Å². The number of hydrogen-bond donors (Lipinski definition) is 5. The molecule has 182 valence electrons. The lowest BCUT2D eigenvalue weighted by Gasteiger charge is -2.29. The van der Waals surface area contributed by atoms with Gasteiger partial charge in [-0.1, -0.05) is 0 Å². The van der Waals surface area contributed by atoms with E-state index in [0.29, 0.717) is 43.7 Å². The lowest BCUT2D eigenvalue weighted by molar-refractivity contribution is -0.149. The Hall–Kier alpha value is -2.60. The van der Waals surface area contributed by atoms with Gasteiger partial charge in [-0.25, -0.2) is 9.78 Å². The van der Waals surface area contributed by atoms with Crippen LogP contribution in [0.4, 0.5) is 0 Å². The van der Waals surface area contributed by atoms with Crippen LogP contribution in [0.25, 0.3) is 0 Å². The summed E-state index contributed by atoms with van der Waals surface area (Å²) in [6, 6.07) is -2.99. The number of aliphatic carboxylic acids is 1. The maximum atomic E-state index is 13.3. The zero-order valence-corrected chi connectivity index (χ0v) is 19.5. The number of likely N-dealkylation sites (tertiary alicyclic amines) is 1. The Bertz CT molecular complexity index is 829. The van der Waals surface area contributed by atoms with E-state index in [0.717, 1.165) is 13.0 Å². The van der Waals surface area contributed by atoms with Crippen molar-refractivity contribution < 1.29 is 24.3 Å². The molecule has 1 aromatic heterocycles. The molecule has 11 nitrogen and oxygen atoms in total. The summed E-state index contributed by atoms with van der Waals surface area (Å²) in [4.78, 5) is 58.9. The zero-order chi connectivity index (χ0) is 23.8. The third kappa shape index (κ3) is 6.70. The monoisotopic (exact) mass is 480 g/mol. The molecule has 4 unspecified atom stereocenters. The maximum Gasteiger partial charge on any atom is 0.326 e. The van der Waals surface area contributed by atoms with Gasteiger partial charge in [0.2, 0.25) is 17.7 Å². The lowest BCUT2D eigenvalue weighted by atomic mass is 10.1. The van der Waals surface area contributed by atoms with Crippen molar-refractivity contribution in [2.24, 2.45) is 0 Å². The summed E-state index contributed by atoms with van der Waals surface area (Å²) in [6.07, 6.45) is 8.13. The first kappa shape index (κ1) is 25.0. The molecule has 0 spiro atoms. The number of nitrogens with one attached hydrogen (secondary N) is 4. The van der Waals surface area contributed by atoms with Gasteiger partial charge in [-0.3, -0.25) is 14.4 Å². The Morgan fingerprint density at radius 3 is 2.70 bits per heavy atom. The quantitative estimate of drug-likeness (QED) is 0.284. The largest absolute Gasteiger partial charge is 0.480 e. The fraction of sp³-hybridized carbons (Fsp3) is 0.667. The molecule has 0 aromatic carbocycles. The standard InChI is InChI=1S/C21H32N6O5S/c1-33-9-6-15(20(30)27-8-3-5-17(27)21(31)32)25-19(29)16(10-13-11-22-12-24-13)26-18(28)14-4-2-7-23-14/h11-12,14-17,23H,2-10H2,1H3,(H,22,24)(H,25,29)(H,26,28)(H,31,32). The molecule has 2 saturated heterocycles. The molecule has 2 aliphatic heterocycles. The molecule has 0 bridgehead atoms. The zero-order valence-electron chi connectivity index (χ0n) is 18.7. The molecule has 0 radical (unpaired) electrons. The smallest absolute Gasteiger partial charge is 0.326 e. The molecule has 3 rings (SSSR count). The van der Waals surface area contributed by atoms with Gasteiger partial charge >= 0.3 is 5.97 Å². The Morgan fingerprint density at radius 1 is 1.24 bits per heavy atom. The summed E-state index contributed by atoms with van der Waals surface area (Å²) in [5.41, 5.74) is 0.673. The Balaban J connectivity index is 1.72. The van der Waals surface area contributed by atoms with E-state index < -0.39 is 35.9 Å². The average molecular weight is 481 g/mol. The highest BCUT2D eigenvalue weighted by Crippen LogP contribution is 2.20. The average Bonchev–Trinajstić information content (AvgIpc) is 3.57. The molecule has 1 aromatic rings. The highest BCUT2D eigenvalue weighted by atomic mass is 32.2. The van der Waals surface area contributed by atoms with Crippen molar-refractivity contribution in [2.45, 2.75) is 62.7 Å². The Kier molecular flexibility index (Phi) is 9.12. The van der Waals surface area contributed by atoms with Crippen LogP contribution in [0.15, 0.2) is 12.5 Å². The highest BCUT2D eigenvalue weighted by molar-refractivity contribution is 7.98. The van der Waals surface area contributed by atoms with Gasteiger partial charge in [0, 0.05) is 24.9 Å². The van der Waals surface area contributed by atoms with Crippen molar-refractivity contribution >= 4 is 35.5 Å². The predicted octanol–water partition coefficient (Wildman–Crippen LogP) is -0.497. The summed E-state index contributed by atoms with van der Waals surface area (Å²) in [5, 5.41) is 18.2. The number of H-pyrrole nitrogens is 1. The number of aromatic nitrogens is 2. The van der Waals surface area contributed by atoms with Gasteiger partial charge in [0.15, 0.2) is 0 Å². The van der Waals surface area contributed by atoms with E-state index in [4.69, 9.17) is 0 Å². The van der Waals surface area contributed by atoms with Gasteiger partial charge in [0.05, 0.1) is 12.4 Å². The molecule has 3 heterocycles. The molecule has 5 N–H and O–H groups in total. The van der Waals surface area contributed by atoms with Crippen molar-refractivity contribution in [2.75, 3.05) is 25.1 Å². The third-order valence-electron chi connectivity index (χ3n) is 6.03. The summed E-state index contributed by atoms with van der Waals surface area (Å²) in [5.74, 6) is -1.56. The fourth-order valence-corrected chi connectivity index (χ4v) is 4.73. The molecule has 0 aliphatic carbocycles. The van der Waals surface area contributed by atoms with Crippen LogP contribution in [-0.2, 0) is 25.6 Å². The molecule has 33 heavy (non-hydrogen) atoms. The van der Waals surface area contributed by atoms with Crippen LogP contribution in [0.3, 0.4) is 0 Å². The molecular weight excluding hydrogens is 448 g/mol. The number of carbonyl (C=O) groups is 4. The molecule has 0 saturated carbocycles. The van der Waals surface area contributed by atoms with Gasteiger partial charge < -0.3 is 30.9 Å². The van der Waals surface area contributed by atoms with E-state index in [-0.39, 0.29) is 18.4 Å². The predicted molar refractivity (Wildman–Crippen MR) is 123 cm³/mol. The normalized spacial score (nSPS) is 22.0. The lowest BCUT2D eigenvalue weighted by Crippen LogP contribution is -2.57. The van der Waals surface area contributed by atoms with Crippen molar-refractivity contribution in [3.05, 3.63) is 18.2 Å². The van der Waals surface area contributed by atoms with Crippen LogP contribution in [0.5, 0.6) is 0 Å². The Morgan fingerprint density at radius 2 is 2.06 bits per heavy atom. The first-order valence-electron chi connectivity index (χ1n) is 11.2. The SMILES string of the molecule is CSCCC(NC(=O)C(Cc1cnc[nH]1)NC(=O)C1CCCN1)C(=O)N1CCCC1C(=O)O. The minimum absolute atomic E-state index is 0.190. The van der Waals surface area contributed by atoms with Crippen LogP contribution in [0.2, 0.25) is 0 Å². The third-order valence-corrected chi connectivity index (χ3v) is 6.68. The number of hydrogen-bond acceptors (Lipinski definition) is 7. The molecule has 4 atom stereocenters. The van der Waals surface area contributed by atoms with E-state index in [9.17, 15) is 24.3 Å². The minimum Gasteiger partial charge on any atom is -0.480 e. The first-order chi connectivity index (χ1) is 15.9. The van der Waals surface area contributed by atoms with Crippen molar-refractivity contribution in [3.8, 4) is 0 Å². The number of amides is 3. The second-order valence-corrected chi connectivity index (χ2v) is 9.35. The number of nitrogens with zero attached hydrogens (tertiary/aromatic N) is 2. The number of carbonyl (C=O) groups excluding carboxylic acids is 3. The van der Waals surface area contributed by atoms with Crippen LogP contribution < -0.4 is 16.0 Å². The van der Waals surface area contributed by atoms with Gasteiger partial charge in [-0.15, -0.1) is 0 Å². The van der Waals surface area contributed by atoms with Crippen molar-refractivity contribution in [3.63, 3.8) is 0 Å². The van der Waals surface area contributed by atoms with Crippen LogP contribution in [0.1, 0.15) is 37.8 Å². The van der Waals surface area contributed by atoms with Gasteiger partial charge in [0.25, 0.3) is 0 Å². The second kappa shape index (κ2) is 12.0. The summed E-state index contributed by atoms with van der Waals surface area (Å²) in [7, 11) is 0. The van der Waals surface area contributed by atoms with E-state index in [1.807, 2.05) is 6.26 Å². The fourth-order valence-electron chi connectivity index (χ4n) is 4.26. The van der Waals surface area contributed by atoms with Crippen molar-refractivity contribution in [1.29, 1.82) is 0 Å². The summed E-state index contributed by atoms with van der Waals surface area (Å²) < 4.78 is 0. The maximum absolute atomic E-state index is 13.3. The van der Waals surface area contributed by atoms with E-state index >= 15 is 0 Å².